The van der Waals surface area contributed by atoms with Crippen molar-refractivity contribution in [3.8, 4) is 0 Å². The normalized spacial score (nSPS) is 13.2. The molecule has 0 unspecified atom stereocenters. The van der Waals surface area contributed by atoms with Crippen molar-refractivity contribution < 1.29 is 8.42 Å². The molecule has 0 spiro atoms. The molecule has 0 rings (SSSR count). The van der Waals surface area contributed by atoms with Crippen LogP contribution in [0.4, 0.5) is 0 Å². The molecule has 58 valence electrons. The lowest BCUT2D eigenvalue weighted by Gasteiger charge is -1.97. The summed E-state index contributed by atoms with van der Waals surface area (Å²) >= 11 is 0. The second-order valence-electron chi connectivity index (χ2n) is 1.92. The van der Waals surface area contributed by atoms with E-state index < -0.39 is 9.84 Å². The molecule has 0 aliphatic heterocycles. The topological polar surface area (TPSA) is 34.1 Å². The second-order valence-corrected chi connectivity index (χ2v) is 4.37. The van der Waals surface area contributed by atoms with E-state index in [1.54, 1.807) is 13.8 Å². The zero-order valence-corrected chi connectivity index (χ0v) is 7.11. The number of hydrogen-bond acceptors (Lipinski definition) is 2. The molecule has 0 saturated heterocycles. The molecule has 0 amide bonds. The van der Waals surface area contributed by atoms with Gasteiger partial charge in [0.05, 0.1) is 5.75 Å². The van der Waals surface area contributed by atoms with Gasteiger partial charge in [-0.3, -0.25) is 0 Å². The maximum absolute atomic E-state index is 11.0. The molecule has 0 aliphatic rings. The van der Waals surface area contributed by atoms with Crippen molar-refractivity contribution in [2.45, 2.75) is 13.8 Å². The van der Waals surface area contributed by atoms with Crippen molar-refractivity contribution in [1.82, 2.24) is 0 Å². The molecule has 0 bridgehead atoms. The number of sulfone groups is 1. The fourth-order valence-corrected chi connectivity index (χ4v) is 1.26. The van der Waals surface area contributed by atoms with Crippen LogP contribution in [0.5, 0.6) is 0 Å². The first-order valence-electron chi connectivity index (χ1n) is 3.06. The first kappa shape index (κ1) is 9.43. The summed E-state index contributed by atoms with van der Waals surface area (Å²) in [5.74, 6) is 0.156. The molecule has 0 saturated carbocycles. The Morgan fingerprint density at radius 3 is 2.40 bits per heavy atom. The van der Waals surface area contributed by atoms with Gasteiger partial charge >= 0.3 is 0 Å². The summed E-state index contributed by atoms with van der Waals surface area (Å²) in [7, 11) is -2.97. The van der Waals surface area contributed by atoms with E-state index in [1.165, 1.54) is 12.2 Å². The van der Waals surface area contributed by atoms with Gasteiger partial charge in [-0.2, -0.15) is 0 Å². The number of hydrogen-bond donors (Lipinski definition) is 0. The van der Waals surface area contributed by atoms with Gasteiger partial charge in [-0.1, -0.05) is 19.6 Å². The minimum Gasteiger partial charge on any atom is -0.224 e. The third-order valence-corrected chi connectivity index (χ3v) is 3.10. The summed E-state index contributed by atoms with van der Waals surface area (Å²) in [6.07, 6.45) is 2.97. The third kappa shape index (κ3) is 2.35. The van der Waals surface area contributed by atoms with E-state index in [-0.39, 0.29) is 5.75 Å². The first-order valence-corrected chi connectivity index (χ1v) is 4.72. The fraction of sp³-hybridized carbons (Fsp3) is 0.429. The van der Waals surface area contributed by atoms with E-state index in [0.717, 1.165) is 0 Å². The van der Waals surface area contributed by atoms with Gasteiger partial charge in [0, 0.05) is 4.91 Å². The fourth-order valence-electron chi connectivity index (χ4n) is 0.497. The Morgan fingerprint density at radius 2 is 2.10 bits per heavy atom. The van der Waals surface area contributed by atoms with Crippen molar-refractivity contribution in [2.24, 2.45) is 0 Å². The average molecular weight is 160 g/mol. The van der Waals surface area contributed by atoms with Crippen LogP contribution in [0.15, 0.2) is 23.6 Å². The summed E-state index contributed by atoms with van der Waals surface area (Å²) < 4.78 is 21.9. The minimum atomic E-state index is -2.97. The van der Waals surface area contributed by atoms with Crippen LogP contribution in [-0.2, 0) is 9.84 Å². The Balaban J connectivity index is 4.67. The van der Waals surface area contributed by atoms with Crippen LogP contribution in [0.2, 0.25) is 0 Å². The molecular formula is C7H12O2S. The number of rotatable bonds is 3. The summed E-state index contributed by atoms with van der Waals surface area (Å²) in [6.45, 7) is 6.60. The molecule has 0 aromatic rings. The molecule has 2 nitrogen and oxygen atoms in total. The molecule has 0 heterocycles. The van der Waals surface area contributed by atoms with Crippen molar-refractivity contribution in [1.29, 1.82) is 0 Å². The van der Waals surface area contributed by atoms with Crippen LogP contribution >= 0.6 is 0 Å². The van der Waals surface area contributed by atoms with E-state index in [1.807, 2.05) is 0 Å². The van der Waals surface area contributed by atoms with Gasteiger partial charge in [-0.05, 0) is 13.0 Å². The van der Waals surface area contributed by atoms with E-state index >= 15 is 0 Å². The highest BCUT2D eigenvalue weighted by Crippen LogP contribution is 2.04. The maximum Gasteiger partial charge on any atom is 0.174 e. The van der Waals surface area contributed by atoms with Gasteiger partial charge in [0.25, 0.3) is 0 Å². The quantitative estimate of drug-likeness (QED) is 0.586. The SMILES string of the molecule is C=C/C=C(\C)S(=O)(=O)CC. The third-order valence-electron chi connectivity index (χ3n) is 1.22. The van der Waals surface area contributed by atoms with Crippen molar-refractivity contribution in [3.63, 3.8) is 0 Å². The largest absolute Gasteiger partial charge is 0.224 e. The lowest BCUT2D eigenvalue weighted by Crippen LogP contribution is -2.03. The van der Waals surface area contributed by atoms with E-state index in [9.17, 15) is 8.42 Å². The van der Waals surface area contributed by atoms with Crippen LogP contribution in [0, 0.1) is 0 Å². The van der Waals surface area contributed by atoms with Gasteiger partial charge in [-0.25, -0.2) is 8.42 Å². The Hall–Kier alpha value is -0.570. The van der Waals surface area contributed by atoms with Crippen LogP contribution in [0.3, 0.4) is 0 Å². The van der Waals surface area contributed by atoms with E-state index in [4.69, 9.17) is 0 Å². The lowest BCUT2D eigenvalue weighted by atomic mass is 10.5. The number of allylic oxidation sites excluding steroid dienone is 3. The zero-order chi connectivity index (χ0) is 8.20. The lowest BCUT2D eigenvalue weighted by molar-refractivity contribution is 0.603. The van der Waals surface area contributed by atoms with Crippen molar-refractivity contribution in [3.05, 3.63) is 23.6 Å². The van der Waals surface area contributed by atoms with Crippen LogP contribution in [0.1, 0.15) is 13.8 Å². The molecule has 10 heavy (non-hydrogen) atoms. The molecule has 0 fully saturated rings. The highest BCUT2D eigenvalue weighted by molar-refractivity contribution is 7.95. The Labute approximate surface area is 62.2 Å². The molecular weight excluding hydrogens is 148 g/mol. The summed E-state index contributed by atoms with van der Waals surface area (Å²) in [5.41, 5.74) is 0. The summed E-state index contributed by atoms with van der Waals surface area (Å²) in [5, 5.41) is 0. The van der Waals surface area contributed by atoms with Gasteiger partial charge in [0.15, 0.2) is 9.84 Å². The predicted octanol–water partition coefficient (Wildman–Crippen LogP) is 1.51. The molecule has 3 heteroatoms. The van der Waals surface area contributed by atoms with Crippen molar-refractivity contribution in [2.75, 3.05) is 5.75 Å². The monoisotopic (exact) mass is 160 g/mol. The second kappa shape index (κ2) is 3.56. The molecule has 0 aromatic carbocycles. The Bertz CT molecular complexity index is 234. The minimum absolute atomic E-state index is 0.156. The van der Waals surface area contributed by atoms with Crippen LogP contribution in [-0.4, -0.2) is 14.2 Å². The molecule has 0 aliphatic carbocycles. The van der Waals surface area contributed by atoms with Gasteiger partial charge < -0.3 is 0 Å². The van der Waals surface area contributed by atoms with Gasteiger partial charge in [0.1, 0.15) is 0 Å². The molecule has 0 aromatic heterocycles. The Kier molecular flexibility index (Phi) is 3.36. The van der Waals surface area contributed by atoms with Crippen LogP contribution < -0.4 is 0 Å². The smallest absolute Gasteiger partial charge is 0.174 e. The highest BCUT2D eigenvalue weighted by atomic mass is 32.2. The summed E-state index contributed by atoms with van der Waals surface area (Å²) in [6, 6.07) is 0. The maximum atomic E-state index is 11.0. The van der Waals surface area contributed by atoms with E-state index in [0.29, 0.717) is 4.91 Å². The zero-order valence-electron chi connectivity index (χ0n) is 6.29. The van der Waals surface area contributed by atoms with Crippen LogP contribution in [0.25, 0.3) is 0 Å². The van der Waals surface area contributed by atoms with E-state index in [2.05, 4.69) is 6.58 Å². The average Bonchev–Trinajstić information content (AvgIpc) is 1.89. The molecule has 0 N–H and O–H groups in total. The predicted molar refractivity (Wildman–Crippen MR) is 43.4 cm³/mol. The Morgan fingerprint density at radius 1 is 1.60 bits per heavy atom. The molecule has 0 atom stereocenters. The molecule has 0 radical (unpaired) electrons. The standard InChI is InChI=1S/C7H12O2S/c1-4-6-7(3)10(8,9)5-2/h4,6H,1,5H2,2-3H3/b7-6+. The first-order chi connectivity index (χ1) is 4.54. The summed E-state index contributed by atoms with van der Waals surface area (Å²) in [4.78, 5) is 0.380. The highest BCUT2D eigenvalue weighted by Gasteiger charge is 2.07. The van der Waals surface area contributed by atoms with Gasteiger partial charge in [-0.15, -0.1) is 0 Å². The van der Waals surface area contributed by atoms with Crippen molar-refractivity contribution >= 4 is 9.84 Å². The van der Waals surface area contributed by atoms with Gasteiger partial charge in [0.2, 0.25) is 0 Å².